The molecule has 2 rings (SSSR count). The van der Waals surface area contributed by atoms with E-state index in [1.54, 1.807) is 24.3 Å². The SMILES string of the molecule is CC(=O)c1ccc(Br)c(S(=O)(=O)NC(=O)Cc2ccc(Cl)cc2)c1. The average Bonchev–Trinajstić information content (AvgIpc) is 2.49. The molecule has 5 nitrogen and oxygen atoms in total. The fourth-order valence-electron chi connectivity index (χ4n) is 1.96. The van der Waals surface area contributed by atoms with Gasteiger partial charge in [0.2, 0.25) is 5.91 Å². The lowest BCUT2D eigenvalue weighted by Crippen LogP contribution is -2.32. The number of hydrogen-bond acceptors (Lipinski definition) is 4. The molecule has 0 aliphatic heterocycles. The second kappa shape index (κ2) is 7.46. The average molecular weight is 431 g/mol. The van der Waals surface area contributed by atoms with Crippen molar-refractivity contribution in [3.8, 4) is 0 Å². The van der Waals surface area contributed by atoms with Crippen LogP contribution in [0.15, 0.2) is 51.8 Å². The molecule has 0 aliphatic carbocycles. The number of amides is 1. The van der Waals surface area contributed by atoms with Crippen LogP contribution in [0, 0.1) is 0 Å². The third-order valence-corrected chi connectivity index (χ3v) is 5.77. The Hall–Kier alpha value is -1.70. The van der Waals surface area contributed by atoms with Crippen molar-refractivity contribution in [3.63, 3.8) is 0 Å². The molecule has 0 aliphatic rings. The molecular formula is C16H13BrClNO4S. The van der Waals surface area contributed by atoms with Crippen LogP contribution in [0.4, 0.5) is 0 Å². The van der Waals surface area contributed by atoms with Gasteiger partial charge in [0.1, 0.15) is 4.90 Å². The van der Waals surface area contributed by atoms with Gasteiger partial charge in [-0.25, -0.2) is 13.1 Å². The topological polar surface area (TPSA) is 80.3 Å². The Morgan fingerprint density at radius 1 is 1.12 bits per heavy atom. The van der Waals surface area contributed by atoms with Gasteiger partial charge in [-0.1, -0.05) is 29.8 Å². The third-order valence-electron chi connectivity index (χ3n) is 3.15. The van der Waals surface area contributed by atoms with E-state index in [4.69, 9.17) is 11.6 Å². The van der Waals surface area contributed by atoms with Crippen molar-refractivity contribution in [1.29, 1.82) is 0 Å². The molecule has 0 radical (unpaired) electrons. The number of carbonyl (C=O) groups excluding carboxylic acids is 2. The highest BCUT2D eigenvalue weighted by molar-refractivity contribution is 9.10. The van der Waals surface area contributed by atoms with Crippen LogP contribution in [-0.4, -0.2) is 20.1 Å². The van der Waals surface area contributed by atoms with Crippen molar-refractivity contribution in [2.75, 3.05) is 0 Å². The van der Waals surface area contributed by atoms with Crippen molar-refractivity contribution < 1.29 is 18.0 Å². The minimum atomic E-state index is -4.10. The Kier molecular flexibility index (Phi) is 5.79. The summed E-state index contributed by atoms with van der Waals surface area (Å²) in [6.45, 7) is 1.33. The minimum Gasteiger partial charge on any atom is -0.295 e. The zero-order chi connectivity index (χ0) is 17.9. The molecule has 1 N–H and O–H groups in total. The summed E-state index contributed by atoms with van der Waals surface area (Å²) in [4.78, 5) is 23.3. The summed E-state index contributed by atoms with van der Waals surface area (Å²) >= 11 is 8.89. The Bertz CT molecular complexity index is 895. The molecule has 0 saturated heterocycles. The van der Waals surface area contributed by atoms with Crippen molar-refractivity contribution in [3.05, 3.63) is 63.1 Å². The van der Waals surface area contributed by atoms with Crippen LogP contribution in [0.1, 0.15) is 22.8 Å². The lowest BCUT2D eigenvalue weighted by atomic mass is 10.1. The Balaban J connectivity index is 2.21. The summed E-state index contributed by atoms with van der Waals surface area (Å²) in [6.07, 6.45) is -0.111. The number of hydrogen-bond donors (Lipinski definition) is 1. The quantitative estimate of drug-likeness (QED) is 0.738. The predicted molar refractivity (Wildman–Crippen MR) is 94.6 cm³/mol. The van der Waals surface area contributed by atoms with Gasteiger partial charge in [0.05, 0.1) is 6.42 Å². The molecule has 0 bridgehead atoms. The molecule has 0 saturated carbocycles. The molecule has 8 heteroatoms. The Morgan fingerprint density at radius 3 is 2.33 bits per heavy atom. The normalized spacial score (nSPS) is 11.1. The van der Waals surface area contributed by atoms with Gasteiger partial charge in [0, 0.05) is 15.1 Å². The van der Waals surface area contributed by atoms with Crippen molar-refractivity contribution >= 4 is 49.2 Å². The molecule has 126 valence electrons. The first-order valence-electron chi connectivity index (χ1n) is 6.79. The van der Waals surface area contributed by atoms with Crippen LogP contribution in [0.25, 0.3) is 0 Å². The number of carbonyl (C=O) groups is 2. The van der Waals surface area contributed by atoms with E-state index in [-0.39, 0.29) is 27.1 Å². The van der Waals surface area contributed by atoms with Gasteiger partial charge < -0.3 is 0 Å². The second-order valence-electron chi connectivity index (χ2n) is 5.03. The molecule has 0 fully saturated rings. The first-order chi connectivity index (χ1) is 11.2. The summed E-state index contributed by atoms with van der Waals surface area (Å²) in [6, 6.07) is 10.7. The zero-order valence-corrected chi connectivity index (χ0v) is 15.7. The predicted octanol–water partition coefficient (Wildman–Crippen LogP) is 3.35. The lowest BCUT2D eigenvalue weighted by molar-refractivity contribution is -0.118. The highest BCUT2D eigenvalue weighted by Gasteiger charge is 2.21. The lowest BCUT2D eigenvalue weighted by Gasteiger charge is -2.10. The van der Waals surface area contributed by atoms with Crippen LogP contribution >= 0.6 is 27.5 Å². The van der Waals surface area contributed by atoms with E-state index in [0.29, 0.717) is 10.6 Å². The highest BCUT2D eigenvalue weighted by Crippen LogP contribution is 2.23. The fourth-order valence-corrected chi connectivity index (χ4v) is 4.06. The van der Waals surface area contributed by atoms with Crippen LogP contribution in [0.3, 0.4) is 0 Å². The van der Waals surface area contributed by atoms with Gasteiger partial charge in [-0.3, -0.25) is 9.59 Å². The fraction of sp³-hybridized carbons (Fsp3) is 0.125. The molecule has 2 aromatic carbocycles. The highest BCUT2D eigenvalue weighted by atomic mass is 79.9. The van der Waals surface area contributed by atoms with Crippen LogP contribution in [0.5, 0.6) is 0 Å². The van der Waals surface area contributed by atoms with Gasteiger partial charge >= 0.3 is 0 Å². The van der Waals surface area contributed by atoms with Crippen molar-refractivity contribution in [1.82, 2.24) is 4.72 Å². The molecule has 0 aromatic heterocycles. The molecule has 24 heavy (non-hydrogen) atoms. The maximum Gasteiger partial charge on any atom is 0.265 e. The molecule has 0 unspecified atom stereocenters. The number of halogens is 2. The van der Waals surface area contributed by atoms with E-state index in [1.807, 2.05) is 4.72 Å². The molecule has 1 amide bonds. The number of nitrogens with one attached hydrogen (secondary N) is 1. The summed E-state index contributed by atoms with van der Waals surface area (Å²) in [5, 5.41) is 0.525. The first kappa shape index (κ1) is 18.6. The second-order valence-corrected chi connectivity index (χ2v) is 7.97. The van der Waals surface area contributed by atoms with E-state index in [9.17, 15) is 18.0 Å². The van der Waals surface area contributed by atoms with Gasteiger partial charge in [0.25, 0.3) is 10.0 Å². The number of benzene rings is 2. The first-order valence-corrected chi connectivity index (χ1v) is 9.45. The number of Topliss-reactive ketones (excluding diaryl/α,β-unsaturated/α-hetero) is 1. The molecular weight excluding hydrogens is 418 g/mol. The van der Waals surface area contributed by atoms with E-state index in [1.165, 1.54) is 25.1 Å². The van der Waals surface area contributed by atoms with Crippen molar-refractivity contribution in [2.45, 2.75) is 18.2 Å². The van der Waals surface area contributed by atoms with Crippen LogP contribution in [0.2, 0.25) is 5.02 Å². The van der Waals surface area contributed by atoms with Crippen LogP contribution in [-0.2, 0) is 21.2 Å². The Morgan fingerprint density at radius 2 is 1.75 bits per heavy atom. The van der Waals surface area contributed by atoms with E-state index >= 15 is 0 Å². The number of sulfonamides is 1. The monoisotopic (exact) mass is 429 g/mol. The van der Waals surface area contributed by atoms with Gasteiger partial charge in [-0.15, -0.1) is 0 Å². The molecule has 2 aromatic rings. The van der Waals surface area contributed by atoms with Crippen LogP contribution < -0.4 is 4.72 Å². The van der Waals surface area contributed by atoms with E-state index < -0.39 is 15.9 Å². The Labute approximate surface area is 153 Å². The largest absolute Gasteiger partial charge is 0.295 e. The summed E-state index contributed by atoms with van der Waals surface area (Å²) < 4.78 is 27.0. The van der Waals surface area contributed by atoms with Crippen molar-refractivity contribution in [2.24, 2.45) is 0 Å². The van der Waals surface area contributed by atoms with E-state index in [0.717, 1.165) is 0 Å². The number of ketones is 1. The molecule has 0 spiro atoms. The summed E-state index contributed by atoms with van der Waals surface area (Å²) in [5.74, 6) is -0.955. The standard InChI is InChI=1S/C16H13BrClNO4S/c1-10(20)12-4-7-14(17)15(9-12)24(22,23)19-16(21)8-11-2-5-13(18)6-3-11/h2-7,9H,8H2,1H3,(H,19,21). The minimum absolute atomic E-state index is 0.111. The third kappa shape index (κ3) is 4.66. The van der Waals surface area contributed by atoms with Gasteiger partial charge in [0.15, 0.2) is 5.78 Å². The van der Waals surface area contributed by atoms with E-state index in [2.05, 4.69) is 15.9 Å². The zero-order valence-electron chi connectivity index (χ0n) is 12.5. The summed E-state index contributed by atoms with van der Waals surface area (Å²) in [7, 11) is -4.10. The smallest absolute Gasteiger partial charge is 0.265 e. The number of rotatable bonds is 5. The maximum absolute atomic E-state index is 12.4. The van der Waals surface area contributed by atoms with Gasteiger partial charge in [-0.2, -0.15) is 0 Å². The van der Waals surface area contributed by atoms with Gasteiger partial charge in [-0.05, 0) is 52.7 Å². The molecule has 0 atom stereocenters. The maximum atomic E-state index is 12.4. The summed E-state index contributed by atoms with van der Waals surface area (Å²) in [5.41, 5.74) is 0.868. The molecule has 0 heterocycles.